The molecule has 0 aromatic heterocycles. The largest absolute Gasteiger partial charge is 0.377 e. The van der Waals surface area contributed by atoms with Gasteiger partial charge in [-0.15, -0.1) is 0 Å². The number of hydrogen-bond donors (Lipinski definition) is 2. The second-order valence-corrected chi connectivity index (χ2v) is 4.34. The molecule has 0 aliphatic carbocycles. The van der Waals surface area contributed by atoms with Crippen LogP contribution in [0.2, 0.25) is 0 Å². The van der Waals surface area contributed by atoms with E-state index in [1.54, 1.807) is 0 Å². The van der Waals surface area contributed by atoms with Crippen LogP contribution in [0.25, 0.3) is 0 Å². The van der Waals surface area contributed by atoms with Gasteiger partial charge in [0.15, 0.2) is 0 Å². The van der Waals surface area contributed by atoms with Crippen LogP contribution < -0.4 is 11.3 Å². The van der Waals surface area contributed by atoms with Crippen molar-refractivity contribution in [2.75, 3.05) is 19.7 Å². The minimum absolute atomic E-state index is 0.113. The first-order chi connectivity index (χ1) is 7.67. The summed E-state index contributed by atoms with van der Waals surface area (Å²) in [7, 11) is 0. The predicted octanol–water partition coefficient (Wildman–Crippen LogP) is 0.256. The summed E-state index contributed by atoms with van der Waals surface area (Å²) in [5.74, 6) is 4.97. The summed E-state index contributed by atoms with van der Waals surface area (Å²) >= 11 is 0. The Morgan fingerprint density at radius 2 is 2.44 bits per heavy atom. The van der Waals surface area contributed by atoms with Gasteiger partial charge in [0, 0.05) is 25.6 Å². The monoisotopic (exact) mass is 229 g/mol. The molecule has 5 heteroatoms. The second-order valence-electron chi connectivity index (χ2n) is 4.34. The van der Waals surface area contributed by atoms with Crippen LogP contribution in [0.15, 0.2) is 0 Å². The zero-order chi connectivity index (χ0) is 12.0. The lowest BCUT2D eigenvalue weighted by molar-refractivity contribution is -0.122. The van der Waals surface area contributed by atoms with Gasteiger partial charge >= 0.3 is 0 Å². The maximum Gasteiger partial charge on any atom is 0.235 e. The molecule has 5 nitrogen and oxygen atoms in total. The molecule has 16 heavy (non-hydrogen) atoms. The highest BCUT2D eigenvalue weighted by Gasteiger charge is 2.22. The van der Waals surface area contributed by atoms with Gasteiger partial charge in [0.1, 0.15) is 0 Å². The molecule has 1 fully saturated rings. The molecule has 2 unspecified atom stereocenters. The number of likely N-dealkylation sites (N-methyl/N-ethyl adjacent to an activating group) is 1. The Labute approximate surface area is 97.3 Å². The molecule has 1 rings (SSSR count). The molecule has 94 valence electrons. The third-order valence-electron chi connectivity index (χ3n) is 3.13. The van der Waals surface area contributed by atoms with E-state index in [1.165, 1.54) is 0 Å². The molecule has 1 heterocycles. The highest BCUT2D eigenvalue weighted by molar-refractivity contribution is 5.75. The fourth-order valence-corrected chi connectivity index (χ4v) is 2.13. The number of nitrogens with two attached hydrogens (primary N) is 1. The van der Waals surface area contributed by atoms with Crippen molar-refractivity contribution < 1.29 is 9.53 Å². The number of carbonyl (C=O) groups is 1. The molecule has 0 aromatic rings. The summed E-state index contributed by atoms with van der Waals surface area (Å²) in [6.45, 7) is 6.87. The third-order valence-corrected chi connectivity index (χ3v) is 3.13. The first-order valence-corrected chi connectivity index (χ1v) is 6.02. The third kappa shape index (κ3) is 4.08. The van der Waals surface area contributed by atoms with Crippen LogP contribution in [0.3, 0.4) is 0 Å². The maximum atomic E-state index is 11.2. The number of hydrazine groups is 1. The zero-order valence-corrected chi connectivity index (χ0v) is 10.2. The van der Waals surface area contributed by atoms with Crippen LogP contribution in [0.1, 0.15) is 33.1 Å². The number of carbonyl (C=O) groups excluding carboxylic acids is 1. The fraction of sp³-hybridized carbons (Fsp3) is 0.909. The fourth-order valence-electron chi connectivity index (χ4n) is 2.13. The van der Waals surface area contributed by atoms with Gasteiger partial charge in [-0.3, -0.25) is 15.1 Å². The molecule has 1 aliphatic rings. The minimum atomic E-state index is -0.113. The van der Waals surface area contributed by atoms with Gasteiger partial charge in [0.2, 0.25) is 5.91 Å². The summed E-state index contributed by atoms with van der Waals surface area (Å²) in [6, 6.07) is 0.206. The smallest absolute Gasteiger partial charge is 0.235 e. The summed E-state index contributed by atoms with van der Waals surface area (Å²) in [4.78, 5) is 13.5. The van der Waals surface area contributed by atoms with Crippen LogP contribution in [-0.4, -0.2) is 42.6 Å². The topological polar surface area (TPSA) is 67.6 Å². The van der Waals surface area contributed by atoms with Crippen molar-refractivity contribution in [3.05, 3.63) is 0 Å². The van der Waals surface area contributed by atoms with E-state index in [0.29, 0.717) is 12.5 Å². The lowest BCUT2D eigenvalue weighted by atomic mass is 10.1. The predicted molar refractivity (Wildman–Crippen MR) is 62.6 cm³/mol. The van der Waals surface area contributed by atoms with Crippen LogP contribution in [0, 0.1) is 0 Å². The van der Waals surface area contributed by atoms with Crippen LogP contribution in [-0.2, 0) is 9.53 Å². The first-order valence-electron chi connectivity index (χ1n) is 6.02. The molecule has 0 saturated carbocycles. The van der Waals surface area contributed by atoms with E-state index in [9.17, 15) is 4.79 Å². The molecular formula is C11H23N3O2. The van der Waals surface area contributed by atoms with E-state index in [4.69, 9.17) is 10.6 Å². The highest BCUT2D eigenvalue weighted by atomic mass is 16.5. The number of amides is 1. The lowest BCUT2D eigenvalue weighted by Crippen LogP contribution is -2.42. The quantitative estimate of drug-likeness (QED) is 0.389. The Bertz CT molecular complexity index is 217. The molecule has 1 aliphatic heterocycles. The molecule has 3 N–H and O–H groups in total. The number of nitrogens with one attached hydrogen (secondary N) is 1. The number of ether oxygens (including phenoxy) is 1. The van der Waals surface area contributed by atoms with Crippen LogP contribution in [0.5, 0.6) is 0 Å². The van der Waals surface area contributed by atoms with E-state index in [2.05, 4.69) is 17.2 Å². The standard InChI is InChI=1S/C11H23N3O2/c1-3-14(8-10-5-4-6-16-10)9(2)7-11(15)13-12/h9-10H,3-8,12H2,1-2H3,(H,13,15). The van der Waals surface area contributed by atoms with E-state index >= 15 is 0 Å². The molecule has 1 saturated heterocycles. The Kier molecular flexibility index (Phi) is 5.73. The van der Waals surface area contributed by atoms with Crippen molar-refractivity contribution in [1.29, 1.82) is 0 Å². The Morgan fingerprint density at radius 1 is 1.69 bits per heavy atom. The van der Waals surface area contributed by atoms with Crippen molar-refractivity contribution in [1.82, 2.24) is 10.3 Å². The van der Waals surface area contributed by atoms with Crippen molar-refractivity contribution >= 4 is 5.91 Å². The average Bonchev–Trinajstić information content (AvgIpc) is 2.78. The molecule has 1 amide bonds. The summed E-state index contributed by atoms with van der Waals surface area (Å²) in [5.41, 5.74) is 2.17. The molecule has 0 aromatic carbocycles. The van der Waals surface area contributed by atoms with E-state index in [1.807, 2.05) is 6.92 Å². The van der Waals surface area contributed by atoms with E-state index in [0.717, 1.165) is 32.5 Å². The molecule has 0 spiro atoms. The van der Waals surface area contributed by atoms with Crippen molar-refractivity contribution in [2.45, 2.75) is 45.3 Å². The first kappa shape index (κ1) is 13.4. The van der Waals surface area contributed by atoms with Crippen molar-refractivity contribution in [3.8, 4) is 0 Å². The number of nitrogens with zero attached hydrogens (tertiary/aromatic N) is 1. The van der Waals surface area contributed by atoms with Gasteiger partial charge in [0.05, 0.1) is 6.10 Å². The molecule has 0 bridgehead atoms. The maximum absolute atomic E-state index is 11.2. The number of rotatable bonds is 6. The normalized spacial score (nSPS) is 22.4. The SMILES string of the molecule is CCN(CC1CCCO1)C(C)CC(=O)NN. The summed E-state index contributed by atoms with van der Waals surface area (Å²) in [5, 5.41) is 0. The molecule has 0 radical (unpaired) electrons. The summed E-state index contributed by atoms with van der Waals surface area (Å²) < 4.78 is 5.60. The second kappa shape index (κ2) is 6.83. The highest BCUT2D eigenvalue weighted by Crippen LogP contribution is 2.15. The van der Waals surface area contributed by atoms with Crippen molar-refractivity contribution in [3.63, 3.8) is 0 Å². The average molecular weight is 229 g/mol. The molecule has 2 atom stereocenters. The molecular weight excluding hydrogens is 206 g/mol. The Balaban J connectivity index is 2.36. The van der Waals surface area contributed by atoms with Gasteiger partial charge in [-0.05, 0) is 26.3 Å². The Hall–Kier alpha value is -0.650. The van der Waals surface area contributed by atoms with Gasteiger partial charge in [-0.1, -0.05) is 6.92 Å². The van der Waals surface area contributed by atoms with Gasteiger partial charge in [-0.25, -0.2) is 5.84 Å². The number of hydrogen-bond acceptors (Lipinski definition) is 4. The van der Waals surface area contributed by atoms with Crippen LogP contribution >= 0.6 is 0 Å². The van der Waals surface area contributed by atoms with E-state index in [-0.39, 0.29) is 11.9 Å². The lowest BCUT2D eigenvalue weighted by Gasteiger charge is -2.29. The minimum Gasteiger partial charge on any atom is -0.377 e. The van der Waals surface area contributed by atoms with E-state index < -0.39 is 0 Å². The van der Waals surface area contributed by atoms with Gasteiger partial charge in [-0.2, -0.15) is 0 Å². The van der Waals surface area contributed by atoms with Crippen molar-refractivity contribution in [2.24, 2.45) is 5.84 Å². The van der Waals surface area contributed by atoms with Gasteiger partial charge < -0.3 is 4.74 Å². The summed E-state index contributed by atoms with van der Waals surface area (Å²) in [6.07, 6.45) is 3.06. The van der Waals surface area contributed by atoms with Crippen LogP contribution in [0.4, 0.5) is 0 Å². The Morgan fingerprint density at radius 3 is 2.94 bits per heavy atom. The zero-order valence-electron chi connectivity index (χ0n) is 10.2. The van der Waals surface area contributed by atoms with Gasteiger partial charge in [0.25, 0.3) is 0 Å².